The monoisotopic (exact) mass is 403 g/mol. The minimum absolute atomic E-state index is 0.108. The number of amides is 1. The van der Waals surface area contributed by atoms with Crippen molar-refractivity contribution >= 4 is 5.91 Å². The predicted molar refractivity (Wildman–Crippen MR) is 113 cm³/mol. The molecule has 3 aromatic rings. The van der Waals surface area contributed by atoms with E-state index in [1.165, 1.54) is 5.56 Å². The fourth-order valence-corrected chi connectivity index (χ4v) is 4.53. The van der Waals surface area contributed by atoms with Gasteiger partial charge in [-0.1, -0.05) is 24.3 Å². The number of carbonyl (C=O) groups is 1. The van der Waals surface area contributed by atoms with Crippen LogP contribution in [0.15, 0.2) is 48.8 Å². The summed E-state index contributed by atoms with van der Waals surface area (Å²) in [5.41, 5.74) is 5.28. The molecule has 2 aliphatic rings. The maximum Gasteiger partial charge on any atom is 0.227 e. The Bertz CT molecular complexity index is 1070. The van der Waals surface area contributed by atoms with Gasteiger partial charge in [-0.15, -0.1) is 0 Å². The van der Waals surface area contributed by atoms with Gasteiger partial charge in [0.2, 0.25) is 5.91 Å². The molecule has 30 heavy (non-hydrogen) atoms. The lowest BCUT2D eigenvalue weighted by molar-refractivity contribution is -0.132. The average Bonchev–Trinajstić information content (AvgIpc) is 3.38. The van der Waals surface area contributed by atoms with E-state index in [2.05, 4.69) is 23.0 Å². The van der Waals surface area contributed by atoms with Gasteiger partial charge in [0.25, 0.3) is 0 Å². The van der Waals surface area contributed by atoms with Crippen LogP contribution in [-0.4, -0.2) is 40.5 Å². The lowest BCUT2D eigenvalue weighted by atomic mass is 9.94. The highest BCUT2D eigenvalue weighted by Gasteiger charge is 2.34. The molecule has 0 bridgehead atoms. The van der Waals surface area contributed by atoms with Crippen LogP contribution in [0.3, 0.4) is 0 Å². The summed E-state index contributed by atoms with van der Waals surface area (Å²) in [4.78, 5) is 23.1. The molecule has 154 valence electrons. The molecular weight excluding hydrogens is 378 g/mol. The molecule has 6 nitrogen and oxygen atoms in total. The Balaban J connectivity index is 1.43. The molecule has 1 amide bonds. The van der Waals surface area contributed by atoms with Crippen molar-refractivity contribution in [2.24, 2.45) is 0 Å². The summed E-state index contributed by atoms with van der Waals surface area (Å²) in [6.45, 7) is 2.73. The molecule has 0 unspecified atom stereocenters. The van der Waals surface area contributed by atoms with Gasteiger partial charge in [-0.25, -0.2) is 4.98 Å². The number of nitrogens with zero attached hydrogens (tertiary/aromatic N) is 2. The highest BCUT2D eigenvalue weighted by Crippen LogP contribution is 2.35. The van der Waals surface area contributed by atoms with Gasteiger partial charge in [0.1, 0.15) is 23.6 Å². The van der Waals surface area contributed by atoms with Crippen molar-refractivity contribution in [2.75, 3.05) is 13.7 Å². The number of imidazole rings is 1. The van der Waals surface area contributed by atoms with Crippen LogP contribution in [0, 0.1) is 0 Å². The summed E-state index contributed by atoms with van der Waals surface area (Å²) < 4.78 is 11.1. The summed E-state index contributed by atoms with van der Waals surface area (Å²) in [6, 6.07) is 13.8. The van der Waals surface area contributed by atoms with Crippen LogP contribution >= 0.6 is 0 Å². The molecule has 6 heteroatoms. The Morgan fingerprint density at radius 3 is 2.90 bits per heavy atom. The van der Waals surface area contributed by atoms with E-state index in [1.54, 1.807) is 13.4 Å². The fourth-order valence-electron chi connectivity index (χ4n) is 4.53. The number of methoxy groups -OCH3 is 1. The third-order valence-corrected chi connectivity index (χ3v) is 5.99. The van der Waals surface area contributed by atoms with E-state index < -0.39 is 0 Å². The zero-order chi connectivity index (χ0) is 20.7. The molecule has 0 saturated heterocycles. The SMILES string of the molecule is COc1ccc([C@@H]2c3nc[nH]c3CCN2C(=O)Cc2ccc3c(c2)C[C@@H](C)O3)cc1. The van der Waals surface area contributed by atoms with Gasteiger partial charge >= 0.3 is 0 Å². The molecule has 2 atom stereocenters. The molecule has 5 rings (SSSR count). The summed E-state index contributed by atoms with van der Waals surface area (Å²) in [5, 5.41) is 0. The normalized spacial score (nSPS) is 19.7. The summed E-state index contributed by atoms with van der Waals surface area (Å²) in [6.07, 6.45) is 3.96. The third kappa shape index (κ3) is 3.32. The molecule has 1 aromatic heterocycles. The van der Waals surface area contributed by atoms with Crippen LogP contribution < -0.4 is 9.47 Å². The summed E-state index contributed by atoms with van der Waals surface area (Å²) >= 11 is 0. The molecule has 0 fully saturated rings. The van der Waals surface area contributed by atoms with E-state index in [0.717, 1.165) is 46.9 Å². The van der Waals surface area contributed by atoms with Crippen molar-refractivity contribution in [3.05, 3.63) is 76.9 Å². The van der Waals surface area contributed by atoms with Crippen LogP contribution in [0.5, 0.6) is 11.5 Å². The van der Waals surface area contributed by atoms with Crippen LogP contribution in [-0.2, 0) is 24.1 Å². The lowest BCUT2D eigenvalue weighted by Gasteiger charge is -2.35. The number of H-pyrrole nitrogens is 1. The van der Waals surface area contributed by atoms with Gasteiger partial charge in [0, 0.05) is 25.1 Å². The number of benzene rings is 2. The van der Waals surface area contributed by atoms with Crippen molar-refractivity contribution in [1.29, 1.82) is 0 Å². The zero-order valence-corrected chi connectivity index (χ0v) is 17.2. The number of rotatable bonds is 4. The quantitative estimate of drug-likeness (QED) is 0.725. The first-order valence-electron chi connectivity index (χ1n) is 10.4. The molecule has 3 heterocycles. The molecule has 1 N–H and O–H groups in total. The first-order valence-corrected chi connectivity index (χ1v) is 10.4. The number of carbonyl (C=O) groups excluding carboxylic acids is 1. The Kier molecular flexibility index (Phi) is 4.69. The van der Waals surface area contributed by atoms with E-state index in [9.17, 15) is 4.79 Å². The predicted octanol–water partition coefficient (Wildman–Crippen LogP) is 3.46. The van der Waals surface area contributed by atoms with E-state index in [4.69, 9.17) is 9.47 Å². The molecule has 0 saturated carbocycles. The second-order valence-electron chi connectivity index (χ2n) is 8.03. The van der Waals surface area contributed by atoms with Crippen LogP contribution in [0.25, 0.3) is 0 Å². The maximum atomic E-state index is 13.4. The molecule has 0 aliphatic carbocycles. The van der Waals surface area contributed by atoms with Crippen molar-refractivity contribution in [1.82, 2.24) is 14.9 Å². The molecule has 2 aromatic carbocycles. The highest BCUT2D eigenvalue weighted by atomic mass is 16.5. The topological polar surface area (TPSA) is 67.5 Å². The minimum Gasteiger partial charge on any atom is -0.497 e. The highest BCUT2D eigenvalue weighted by molar-refractivity contribution is 5.80. The number of nitrogens with one attached hydrogen (secondary N) is 1. The first kappa shape index (κ1) is 18.7. The number of aromatic nitrogens is 2. The van der Waals surface area contributed by atoms with Gasteiger partial charge in [0.05, 0.1) is 25.6 Å². The number of hydrogen-bond acceptors (Lipinski definition) is 4. The van der Waals surface area contributed by atoms with Gasteiger partial charge < -0.3 is 19.4 Å². The summed E-state index contributed by atoms with van der Waals surface area (Å²) in [7, 11) is 1.65. The minimum atomic E-state index is -0.198. The second-order valence-corrected chi connectivity index (χ2v) is 8.03. The first-order chi connectivity index (χ1) is 14.6. The Morgan fingerprint density at radius 2 is 2.10 bits per heavy atom. The summed E-state index contributed by atoms with van der Waals surface area (Å²) in [5.74, 6) is 1.84. The van der Waals surface area contributed by atoms with E-state index in [0.29, 0.717) is 13.0 Å². The molecular formula is C24H25N3O3. The Hall–Kier alpha value is -3.28. The van der Waals surface area contributed by atoms with Gasteiger partial charge in [-0.05, 0) is 41.8 Å². The van der Waals surface area contributed by atoms with Gasteiger partial charge in [-0.2, -0.15) is 0 Å². The number of ether oxygens (including phenoxy) is 2. The van der Waals surface area contributed by atoms with Gasteiger partial charge in [-0.3, -0.25) is 4.79 Å². The van der Waals surface area contributed by atoms with Crippen molar-refractivity contribution < 1.29 is 14.3 Å². The number of fused-ring (bicyclic) bond motifs is 2. The van der Waals surface area contributed by atoms with Crippen molar-refractivity contribution in [2.45, 2.75) is 38.3 Å². The molecule has 0 radical (unpaired) electrons. The van der Waals surface area contributed by atoms with Crippen molar-refractivity contribution in [3.8, 4) is 11.5 Å². The van der Waals surface area contributed by atoms with E-state index in [-0.39, 0.29) is 18.1 Å². The van der Waals surface area contributed by atoms with E-state index >= 15 is 0 Å². The van der Waals surface area contributed by atoms with Gasteiger partial charge in [0.15, 0.2) is 0 Å². The average molecular weight is 403 g/mol. The second kappa shape index (κ2) is 7.52. The molecule has 2 aliphatic heterocycles. The van der Waals surface area contributed by atoms with Crippen LogP contribution in [0.1, 0.15) is 41.0 Å². The van der Waals surface area contributed by atoms with Crippen LogP contribution in [0.2, 0.25) is 0 Å². The fraction of sp³-hybridized carbons (Fsp3) is 0.333. The van der Waals surface area contributed by atoms with Crippen LogP contribution in [0.4, 0.5) is 0 Å². The smallest absolute Gasteiger partial charge is 0.227 e. The maximum absolute atomic E-state index is 13.4. The zero-order valence-electron chi connectivity index (χ0n) is 17.2. The Labute approximate surface area is 175 Å². The Morgan fingerprint density at radius 1 is 1.27 bits per heavy atom. The standard InChI is InChI=1S/C24H25N3O3/c1-15-11-18-12-16(3-8-21(18)30-15)13-22(28)27-10-9-20-23(26-14-25-20)24(27)17-4-6-19(29-2)7-5-17/h3-8,12,14-15,24H,9-11,13H2,1-2H3,(H,25,26)/t15-,24-/m1/s1. The molecule has 0 spiro atoms. The third-order valence-electron chi connectivity index (χ3n) is 5.99. The number of hydrogen-bond donors (Lipinski definition) is 1. The lowest BCUT2D eigenvalue weighted by Crippen LogP contribution is -2.41. The number of aromatic amines is 1. The van der Waals surface area contributed by atoms with E-state index in [1.807, 2.05) is 41.3 Å². The largest absolute Gasteiger partial charge is 0.497 e. The van der Waals surface area contributed by atoms with Crippen molar-refractivity contribution in [3.63, 3.8) is 0 Å².